The molecule has 2 fully saturated rings. The quantitative estimate of drug-likeness (QED) is 0.709. The van der Waals surface area contributed by atoms with E-state index in [1.54, 1.807) is 12.1 Å². The number of carbonyl (C=O) groups is 2. The van der Waals surface area contributed by atoms with Crippen molar-refractivity contribution in [1.29, 1.82) is 0 Å². The molecule has 0 aromatic heterocycles. The summed E-state index contributed by atoms with van der Waals surface area (Å²) < 4.78 is 26.9. The molecular weight excluding hydrogens is 368 g/mol. The van der Waals surface area contributed by atoms with Gasteiger partial charge in [-0.05, 0) is 37.6 Å². The summed E-state index contributed by atoms with van der Waals surface area (Å²) in [6.07, 6.45) is 1.73. The number of hydrogen-bond acceptors (Lipinski definition) is 5. The van der Waals surface area contributed by atoms with Gasteiger partial charge in [0.1, 0.15) is 0 Å². The number of benzene rings is 1. The van der Waals surface area contributed by atoms with Crippen LogP contribution in [-0.2, 0) is 14.8 Å². The Kier molecular flexibility index (Phi) is 6.13. The fourth-order valence-electron chi connectivity index (χ4n) is 3.52. The normalized spacial score (nSPS) is 21.1. The summed E-state index contributed by atoms with van der Waals surface area (Å²) in [6.45, 7) is 4.60. The Morgan fingerprint density at radius 1 is 1.33 bits per heavy atom. The van der Waals surface area contributed by atoms with Gasteiger partial charge in [-0.3, -0.25) is 9.59 Å². The summed E-state index contributed by atoms with van der Waals surface area (Å²) >= 11 is 0. The van der Waals surface area contributed by atoms with Gasteiger partial charge in [0.15, 0.2) is 0 Å². The van der Waals surface area contributed by atoms with E-state index < -0.39 is 10.0 Å². The molecule has 27 heavy (non-hydrogen) atoms. The standard InChI is InChI=1S/C18H26N4O4S/c1-2-9-22(15-6-7-19-12-15)18(24)14-4-3-5-16(11-14)27(25,26)21-10-8-20-17(23)13-21/h3-5,11,15,19H,2,6-10,12-13H2,1H3,(H,20,23). The van der Waals surface area contributed by atoms with Crippen LogP contribution in [0.2, 0.25) is 0 Å². The van der Waals surface area contributed by atoms with Crippen LogP contribution in [-0.4, -0.2) is 74.7 Å². The SMILES string of the molecule is CCCN(C(=O)c1cccc(S(=O)(=O)N2CCNC(=O)C2)c1)C1CCNC1. The fraction of sp³-hybridized carbons (Fsp3) is 0.556. The lowest BCUT2D eigenvalue weighted by Gasteiger charge is -2.29. The molecular formula is C18H26N4O4S. The molecule has 0 bridgehead atoms. The van der Waals surface area contributed by atoms with Gasteiger partial charge in [0.05, 0.1) is 11.4 Å². The Morgan fingerprint density at radius 2 is 2.15 bits per heavy atom. The topological polar surface area (TPSA) is 98.8 Å². The van der Waals surface area contributed by atoms with Crippen molar-refractivity contribution in [1.82, 2.24) is 19.8 Å². The predicted octanol–water partition coefficient (Wildman–Crippen LogP) is 0.0212. The molecule has 2 heterocycles. The van der Waals surface area contributed by atoms with Crippen LogP contribution in [0.15, 0.2) is 29.2 Å². The number of nitrogens with one attached hydrogen (secondary N) is 2. The Labute approximate surface area is 160 Å². The number of piperazine rings is 1. The summed E-state index contributed by atoms with van der Waals surface area (Å²) in [5, 5.41) is 5.88. The molecule has 0 spiro atoms. The molecule has 0 saturated carbocycles. The van der Waals surface area contributed by atoms with E-state index in [-0.39, 0.29) is 42.4 Å². The van der Waals surface area contributed by atoms with E-state index in [1.165, 1.54) is 12.1 Å². The molecule has 9 heteroatoms. The number of nitrogens with zero attached hydrogens (tertiary/aromatic N) is 2. The van der Waals surface area contributed by atoms with Gasteiger partial charge < -0.3 is 15.5 Å². The van der Waals surface area contributed by atoms with Crippen LogP contribution in [0.3, 0.4) is 0 Å². The largest absolute Gasteiger partial charge is 0.354 e. The number of hydrogen-bond donors (Lipinski definition) is 2. The number of rotatable bonds is 6. The zero-order valence-electron chi connectivity index (χ0n) is 15.5. The molecule has 1 atom stereocenters. The van der Waals surface area contributed by atoms with E-state index in [1.807, 2.05) is 11.8 Å². The van der Waals surface area contributed by atoms with Crippen molar-refractivity contribution in [2.24, 2.45) is 0 Å². The summed E-state index contributed by atoms with van der Waals surface area (Å²) in [5.74, 6) is -0.473. The lowest BCUT2D eigenvalue weighted by molar-refractivity contribution is -0.122. The Balaban J connectivity index is 1.85. The highest BCUT2D eigenvalue weighted by Crippen LogP contribution is 2.20. The first-order valence-electron chi connectivity index (χ1n) is 9.32. The summed E-state index contributed by atoms with van der Waals surface area (Å²) in [4.78, 5) is 26.5. The van der Waals surface area contributed by atoms with E-state index >= 15 is 0 Å². The van der Waals surface area contributed by atoms with E-state index in [2.05, 4.69) is 10.6 Å². The molecule has 3 rings (SSSR count). The highest BCUT2D eigenvalue weighted by atomic mass is 32.2. The number of carbonyl (C=O) groups excluding carboxylic acids is 2. The second-order valence-electron chi connectivity index (χ2n) is 6.86. The van der Waals surface area contributed by atoms with Crippen molar-refractivity contribution >= 4 is 21.8 Å². The maximum atomic E-state index is 13.1. The van der Waals surface area contributed by atoms with Gasteiger partial charge in [0, 0.05) is 37.8 Å². The molecule has 2 amide bonds. The molecule has 2 aliphatic rings. The molecule has 148 valence electrons. The zero-order valence-corrected chi connectivity index (χ0v) is 16.3. The van der Waals surface area contributed by atoms with Crippen molar-refractivity contribution < 1.29 is 18.0 Å². The number of amides is 2. The van der Waals surface area contributed by atoms with Crippen molar-refractivity contribution in [2.45, 2.75) is 30.7 Å². The van der Waals surface area contributed by atoms with Gasteiger partial charge in [-0.15, -0.1) is 0 Å². The van der Waals surface area contributed by atoms with Crippen LogP contribution >= 0.6 is 0 Å². The fourth-order valence-corrected chi connectivity index (χ4v) is 4.96. The molecule has 8 nitrogen and oxygen atoms in total. The number of sulfonamides is 1. The maximum Gasteiger partial charge on any atom is 0.254 e. The third-order valence-corrected chi connectivity index (χ3v) is 6.76. The summed E-state index contributed by atoms with van der Waals surface area (Å²) in [7, 11) is -3.82. The summed E-state index contributed by atoms with van der Waals surface area (Å²) in [6, 6.07) is 6.26. The van der Waals surface area contributed by atoms with Crippen LogP contribution in [0.5, 0.6) is 0 Å². The van der Waals surface area contributed by atoms with Gasteiger partial charge in [-0.2, -0.15) is 4.31 Å². The van der Waals surface area contributed by atoms with E-state index in [4.69, 9.17) is 0 Å². The first-order valence-corrected chi connectivity index (χ1v) is 10.8. The minimum Gasteiger partial charge on any atom is -0.354 e. The zero-order chi connectivity index (χ0) is 19.4. The van der Waals surface area contributed by atoms with Gasteiger partial charge in [0.2, 0.25) is 15.9 Å². The molecule has 1 aromatic rings. The first-order chi connectivity index (χ1) is 12.9. The highest BCUT2D eigenvalue weighted by molar-refractivity contribution is 7.89. The van der Waals surface area contributed by atoms with Crippen LogP contribution in [0.4, 0.5) is 0 Å². The first kappa shape index (κ1) is 19.8. The van der Waals surface area contributed by atoms with Crippen molar-refractivity contribution in [3.8, 4) is 0 Å². The lowest BCUT2D eigenvalue weighted by atomic mass is 10.1. The average molecular weight is 394 g/mol. The average Bonchev–Trinajstić information content (AvgIpc) is 3.20. The monoisotopic (exact) mass is 394 g/mol. The predicted molar refractivity (Wildman–Crippen MR) is 101 cm³/mol. The van der Waals surface area contributed by atoms with E-state index in [9.17, 15) is 18.0 Å². The van der Waals surface area contributed by atoms with Crippen LogP contribution in [0, 0.1) is 0 Å². The third-order valence-electron chi connectivity index (χ3n) is 4.92. The van der Waals surface area contributed by atoms with Crippen LogP contribution < -0.4 is 10.6 Å². The second kappa shape index (κ2) is 8.37. The minimum atomic E-state index is -3.82. The van der Waals surface area contributed by atoms with Gasteiger partial charge in [-0.1, -0.05) is 13.0 Å². The highest BCUT2D eigenvalue weighted by Gasteiger charge is 2.31. The molecule has 2 aliphatic heterocycles. The van der Waals surface area contributed by atoms with Crippen LogP contribution in [0.25, 0.3) is 0 Å². The third kappa shape index (κ3) is 4.31. The van der Waals surface area contributed by atoms with E-state index in [0.717, 1.165) is 30.2 Å². The molecule has 1 unspecified atom stereocenters. The molecule has 1 aromatic carbocycles. The second-order valence-corrected chi connectivity index (χ2v) is 8.80. The Bertz CT molecular complexity index is 805. The van der Waals surface area contributed by atoms with Crippen molar-refractivity contribution in [3.63, 3.8) is 0 Å². The lowest BCUT2D eigenvalue weighted by Crippen LogP contribution is -2.49. The van der Waals surface area contributed by atoms with Gasteiger partial charge in [-0.25, -0.2) is 8.42 Å². The van der Waals surface area contributed by atoms with Crippen LogP contribution in [0.1, 0.15) is 30.1 Å². The Hall–Kier alpha value is -1.97. The maximum absolute atomic E-state index is 13.1. The van der Waals surface area contributed by atoms with Gasteiger partial charge >= 0.3 is 0 Å². The molecule has 2 saturated heterocycles. The van der Waals surface area contributed by atoms with Crippen molar-refractivity contribution in [3.05, 3.63) is 29.8 Å². The minimum absolute atomic E-state index is 0.0454. The molecule has 0 aliphatic carbocycles. The Morgan fingerprint density at radius 3 is 2.81 bits per heavy atom. The van der Waals surface area contributed by atoms with Gasteiger partial charge in [0.25, 0.3) is 5.91 Å². The van der Waals surface area contributed by atoms with Crippen molar-refractivity contribution in [2.75, 3.05) is 39.3 Å². The molecule has 2 N–H and O–H groups in total. The molecule has 0 radical (unpaired) electrons. The van der Waals surface area contributed by atoms with E-state index in [0.29, 0.717) is 12.1 Å². The smallest absolute Gasteiger partial charge is 0.254 e. The summed E-state index contributed by atoms with van der Waals surface area (Å²) in [5.41, 5.74) is 0.359.